The highest BCUT2D eigenvalue weighted by Gasteiger charge is 2.13. The van der Waals surface area contributed by atoms with E-state index in [-0.39, 0.29) is 0 Å². The molecule has 0 heteroatoms. The summed E-state index contributed by atoms with van der Waals surface area (Å²) in [4.78, 5) is 0. The molecule has 1 aliphatic carbocycles. The van der Waals surface area contributed by atoms with Gasteiger partial charge in [0.1, 0.15) is 0 Å². The fourth-order valence-electron chi connectivity index (χ4n) is 3.19. The van der Waals surface area contributed by atoms with Crippen LogP contribution < -0.4 is 0 Å². The summed E-state index contributed by atoms with van der Waals surface area (Å²) in [6.07, 6.45) is 19.2. The zero-order valence-corrected chi connectivity index (χ0v) is 12.5. The van der Waals surface area contributed by atoms with Crippen LogP contribution in [0.1, 0.15) is 71.6 Å². The van der Waals surface area contributed by atoms with Gasteiger partial charge in [-0.2, -0.15) is 0 Å². The van der Waals surface area contributed by atoms with Crippen LogP contribution in [-0.2, 0) is 0 Å². The molecule has 0 saturated heterocycles. The molecule has 18 heavy (non-hydrogen) atoms. The molecular formula is C18H32. The van der Waals surface area contributed by atoms with Crippen LogP contribution in [0.2, 0.25) is 0 Å². The SMILES string of the molecule is C=CCC(CC)CCCC1C=CCCCC(C)C1. The van der Waals surface area contributed by atoms with Crippen molar-refractivity contribution in [3.05, 3.63) is 24.8 Å². The van der Waals surface area contributed by atoms with Crippen LogP contribution in [0, 0.1) is 17.8 Å². The minimum atomic E-state index is 0.849. The molecule has 1 rings (SSSR count). The topological polar surface area (TPSA) is 0 Å². The molecule has 104 valence electrons. The Labute approximate surface area is 115 Å². The van der Waals surface area contributed by atoms with Gasteiger partial charge in [0.15, 0.2) is 0 Å². The quantitative estimate of drug-likeness (QED) is 0.475. The first-order valence-corrected chi connectivity index (χ1v) is 8.03. The maximum absolute atomic E-state index is 3.87. The van der Waals surface area contributed by atoms with E-state index in [0.717, 1.165) is 17.8 Å². The highest BCUT2D eigenvalue weighted by molar-refractivity contribution is 4.91. The fourth-order valence-corrected chi connectivity index (χ4v) is 3.19. The maximum atomic E-state index is 3.87. The van der Waals surface area contributed by atoms with Gasteiger partial charge in [-0.25, -0.2) is 0 Å². The van der Waals surface area contributed by atoms with Gasteiger partial charge in [0.2, 0.25) is 0 Å². The van der Waals surface area contributed by atoms with Crippen molar-refractivity contribution in [2.75, 3.05) is 0 Å². The molecule has 3 unspecified atom stereocenters. The molecule has 0 aromatic carbocycles. The van der Waals surface area contributed by atoms with Crippen LogP contribution in [0.3, 0.4) is 0 Å². The molecule has 0 spiro atoms. The van der Waals surface area contributed by atoms with Crippen molar-refractivity contribution in [2.45, 2.75) is 71.6 Å². The van der Waals surface area contributed by atoms with Gasteiger partial charge in [-0.1, -0.05) is 57.8 Å². The van der Waals surface area contributed by atoms with Gasteiger partial charge in [-0.05, 0) is 49.9 Å². The van der Waals surface area contributed by atoms with E-state index in [2.05, 4.69) is 38.7 Å². The lowest BCUT2D eigenvalue weighted by molar-refractivity contribution is 0.364. The standard InChI is InChI=1S/C18H32/c1-4-10-17(5-2)13-9-14-18-12-8-6-7-11-16(3)15-18/h4,8,12,16-18H,1,5-7,9-11,13-15H2,2-3H3. The molecule has 0 saturated carbocycles. The second-order valence-corrected chi connectivity index (χ2v) is 6.19. The largest absolute Gasteiger partial charge is 0.103 e. The first-order chi connectivity index (χ1) is 8.76. The monoisotopic (exact) mass is 248 g/mol. The molecule has 0 nitrogen and oxygen atoms in total. The van der Waals surface area contributed by atoms with E-state index in [1.807, 2.05) is 0 Å². The third-order valence-electron chi connectivity index (χ3n) is 4.45. The summed E-state index contributed by atoms with van der Waals surface area (Å²) in [7, 11) is 0. The zero-order valence-electron chi connectivity index (χ0n) is 12.5. The van der Waals surface area contributed by atoms with Gasteiger partial charge in [0.05, 0.1) is 0 Å². The normalized spacial score (nSPS) is 26.3. The predicted octanol–water partition coefficient (Wildman–Crippen LogP) is 6.14. The Morgan fingerprint density at radius 2 is 2.28 bits per heavy atom. The lowest BCUT2D eigenvalue weighted by Crippen LogP contribution is -2.07. The summed E-state index contributed by atoms with van der Waals surface area (Å²) >= 11 is 0. The van der Waals surface area contributed by atoms with Gasteiger partial charge < -0.3 is 0 Å². The summed E-state index contributed by atoms with van der Waals surface area (Å²) in [5, 5.41) is 0. The van der Waals surface area contributed by atoms with Crippen LogP contribution in [-0.4, -0.2) is 0 Å². The van der Waals surface area contributed by atoms with E-state index >= 15 is 0 Å². The second kappa shape index (κ2) is 9.42. The zero-order chi connectivity index (χ0) is 13.2. The van der Waals surface area contributed by atoms with Crippen molar-refractivity contribution in [1.82, 2.24) is 0 Å². The highest BCUT2D eigenvalue weighted by Crippen LogP contribution is 2.27. The van der Waals surface area contributed by atoms with Crippen LogP contribution in [0.4, 0.5) is 0 Å². The molecule has 0 aromatic rings. The summed E-state index contributed by atoms with van der Waals surface area (Å²) in [5.74, 6) is 2.65. The van der Waals surface area contributed by atoms with E-state index < -0.39 is 0 Å². The van der Waals surface area contributed by atoms with Gasteiger partial charge in [-0.3, -0.25) is 0 Å². The smallest absolute Gasteiger partial charge is 0.0231 e. The molecule has 0 heterocycles. The minimum Gasteiger partial charge on any atom is -0.103 e. The molecule has 0 aromatic heterocycles. The molecule has 3 atom stereocenters. The molecule has 0 N–H and O–H groups in total. The van der Waals surface area contributed by atoms with Crippen molar-refractivity contribution < 1.29 is 0 Å². The molecular weight excluding hydrogens is 216 g/mol. The number of allylic oxidation sites excluding steroid dienone is 3. The Morgan fingerprint density at radius 1 is 1.44 bits per heavy atom. The third kappa shape index (κ3) is 6.42. The predicted molar refractivity (Wildman–Crippen MR) is 82.7 cm³/mol. The summed E-state index contributed by atoms with van der Waals surface area (Å²) in [6.45, 7) is 8.61. The van der Waals surface area contributed by atoms with Crippen molar-refractivity contribution >= 4 is 0 Å². The van der Waals surface area contributed by atoms with Crippen molar-refractivity contribution in [3.63, 3.8) is 0 Å². The average Bonchev–Trinajstić information content (AvgIpc) is 2.34. The second-order valence-electron chi connectivity index (χ2n) is 6.19. The lowest BCUT2D eigenvalue weighted by atomic mass is 9.85. The van der Waals surface area contributed by atoms with Crippen molar-refractivity contribution in [3.8, 4) is 0 Å². The van der Waals surface area contributed by atoms with E-state index in [9.17, 15) is 0 Å². The van der Waals surface area contributed by atoms with Crippen molar-refractivity contribution in [1.29, 1.82) is 0 Å². The molecule has 0 aliphatic heterocycles. The Kier molecular flexibility index (Phi) is 8.13. The van der Waals surface area contributed by atoms with Gasteiger partial charge in [-0.15, -0.1) is 6.58 Å². The maximum Gasteiger partial charge on any atom is -0.0231 e. The number of hydrogen-bond acceptors (Lipinski definition) is 0. The Hall–Kier alpha value is -0.520. The van der Waals surface area contributed by atoms with Crippen molar-refractivity contribution in [2.24, 2.45) is 17.8 Å². The lowest BCUT2D eigenvalue weighted by Gasteiger charge is -2.21. The van der Waals surface area contributed by atoms with E-state index in [4.69, 9.17) is 0 Å². The van der Waals surface area contributed by atoms with Crippen LogP contribution in [0.5, 0.6) is 0 Å². The Morgan fingerprint density at radius 3 is 3.00 bits per heavy atom. The number of rotatable bonds is 7. The van der Waals surface area contributed by atoms with E-state index in [1.54, 1.807) is 0 Å². The van der Waals surface area contributed by atoms with E-state index in [1.165, 1.54) is 57.8 Å². The molecule has 0 amide bonds. The summed E-state index contributed by atoms with van der Waals surface area (Å²) in [6, 6.07) is 0. The van der Waals surface area contributed by atoms with Gasteiger partial charge in [0.25, 0.3) is 0 Å². The molecule has 1 aliphatic rings. The van der Waals surface area contributed by atoms with Gasteiger partial charge in [0, 0.05) is 0 Å². The molecule has 0 fully saturated rings. The minimum absolute atomic E-state index is 0.849. The summed E-state index contributed by atoms with van der Waals surface area (Å²) < 4.78 is 0. The molecule has 0 bridgehead atoms. The van der Waals surface area contributed by atoms with Crippen LogP contribution in [0.15, 0.2) is 24.8 Å². The Balaban J connectivity index is 2.27. The van der Waals surface area contributed by atoms with Crippen LogP contribution >= 0.6 is 0 Å². The van der Waals surface area contributed by atoms with Crippen LogP contribution in [0.25, 0.3) is 0 Å². The average molecular weight is 248 g/mol. The molecule has 0 radical (unpaired) electrons. The highest BCUT2D eigenvalue weighted by atomic mass is 14.2. The number of hydrogen-bond donors (Lipinski definition) is 0. The first-order valence-electron chi connectivity index (χ1n) is 8.03. The Bertz CT molecular complexity index is 238. The van der Waals surface area contributed by atoms with E-state index in [0.29, 0.717) is 0 Å². The van der Waals surface area contributed by atoms with Gasteiger partial charge >= 0.3 is 0 Å². The third-order valence-corrected chi connectivity index (χ3v) is 4.45. The first kappa shape index (κ1) is 15.5. The fraction of sp³-hybridized carbons (Fsp3) is 0.778. The summed E-state index contributed by atoms with van der Waals surface area (Å²) in [5.41, 5.74) is 0.